The van der Waals surface area contributed by atoms with Crippen LogP contribution in [0.3, 0.4) is 0 Å². The van der Waals surface area contributed by atoms with Crippen molar-refractivity contribution in [1.29, 1.82) is 0 Å². The van der Waals surface area contributed by atoms with Gasteiger partial charge in [0.25, 0.3) is 5.56 Å². The summed E-state index contributed by atoms with van der Waals surface area (Å²) in [5.74, 6) is 1.16. The zero-order valence-electron chi connectivity index (χ0n) is 21.5. The predicted octanol–water partition coefficient (Wildman–Crippen LogP) is 5.73. The van der Waals surface area contributed by atoms with Crippen molar-refractivity contribution in [3.63, 3.8) is 0 Å². The maximum atomic E-state index is 13.2. The zero-order chi connectivity index (χ0) is 25.1. The van der Waals surface area contributed by atoms with Gasteiger partial charge >= 0.3 is 0 Å². The standard InChI is InChI=1S/C29H36N6O/c1-20(2)27(28-31-32-33-35(28)25-12-8-5-9-13-25)34(18-22-10-6-4-7-11-22)19-24-17-23-15-14-21(3)16-26(23)30-29(24)36/h4,6-7,10-11,14-17,20,25,27H,5,8-9,12-13,18-19H2,1-3H3,(H,30,36)/t27-/m0/s1. The molecule has 1 saturated carbocycles. The zero-order valence-corrected chi connectivity index (χ0v) is 21.5. The van der Waals surface area contributed by atoms with Gasteiger partial charge in [-0.25, -0.2) is 4.68 Å². The highest BCUT2D eigenvalue weighted by Crippen LogP contribution is 2.34. The molecule has 1 N–H and O–H groups in total. The van der Waals surface area contributed by atoms with Crippen LogP contribution < -0.4 is 5.56 Å². The van der Waals surface area contributed by atoms with E-state index in [1.807, 2.05) is 25.1 Å². The smallest absolute Gasteiger partial charge is 0.252 e. The highest BCUT2D eigenvalue weighted by molar-refractivity contribution is 5.79. The molecule has 2 aromatic heterocycles. The number of hydrogen-bond acceptors (Lipinski definition) is 5. The summed E-state index contributed by atoms with van der Waals surface area (Å²) in [7, 11) is 0. The fourth-order valence-electron chi connectivity index (χ4n) is 5.63. The molecule has 1 atom stereocenters. The molecule has 5 rings (SSSR count). The molecule has 2 aromatic carbocycles. The SMILES string of the molecule is Cc1ccc2cc(CN(Cc3ccccc3)[C@H](c3nnnn3C3CCCCC3)C(C)C)c(=O)[nH]c2c1. The first-order valence-electron chi connectivity index (χ1n) is 13.2. The molecule has 7 heteroatoms. The van der Waals surface area contributed by atoms with Crippen LogP contribution in [0.1, 0.15) is 80.6 Å². The Morgan fingerprint density at radius 3 is 2.56 bits per heavy atom. The second kappa shape index (κ2) is 10.7. The first-order chi connectivity index (χ1) is 17.5. The number of benzene rings is 2. The first-order valence-corrected chi connectivity index (χ1v) is 13.2. The van der Waals surface area contributed by atoms with E-state index >= 15 is 0 Å². The Labute approximate surface area is 212 Å². The molecule has 0 saturated heterocycles. The average Bonchev–Trinajstić information content (AvgIpc) is 3.35. The second-order valence-corrected chi connectivity index (χ2v) is 10.6. The maximum absolute atomic E-state index is 13.2. The molecule has 0 unspecified atom stereocenters. The van der Waals surface area contributed by atoms with Crippen molar-refractivity contribution in [3.8, 4) is 0 Å². The van der Waals surface area contributed by atoms with Crippen molar-refractivity contribution in [2.24, 2.45) is 5.92 Å². The van der Waals surface area contributed by atoms with E-state index in [1.165, 1.54) is 24.8 Å². The molecule has 4 aromatic rings. The van der Waals surface area contributed by atoms with E-state index in [0.717, 1.165) is 40.7 Å². The van der Waals surface area contributed by atoms with Crippen LogP contribution in [0.2, 0.25) is 0 Å². The van der Waals surface area contributed by atoms with Crippen molar-refractivity contribution in [2.45, 2.75) is 78.0 Å². The van der Waals surface area contributed by atoms with Gasteiger partial charge in [-0.3, -0.25) is 9.69 Å². The highest BCUT2D eigenvalue weighted by atomic mass is 16.1. The number of nitrogens with zero attached hydrogens (tertiary/aromatic N) is 5. The Morgan fingerprint density at radius 1 is 1.03 bits per heavy atom. The summed E-state index contributed by atoms with van der Waals surface area (Å²) in [4.78, 5) is 18.7. The number of aryl methyl sites for hydroxylation is 1. The molecular formula is C29H36N6O. The van der Waals surface area contributed by atoms with E-state index in [-0.39, 0.29) is 17.5 Å². The maximum Gasteiger partial charge on any atom is 0.252 e. The molecule has 1 aliphatic rings. The number of tetrazole rings is 1. The minimum atomic E-state index is -0.0412. The van der Waals surface area contributed by atoms with Crippen LogP contribution in [0.4, 0.5) is 0 Å². The summed E-state index contributed by atoms with van der Waals surface area (Å²) in [6.07, 6.45) is 5.95. The summed E-state index contributed by atoms with van der Waals surface area (Å²) >= 11 is 0. The summed E-state index contributed by atoms with van der Waals surface area (Å²) in [6.45, 7) is 7.68. The van der Waals surface area contributed by atoms with Crippen LogP contribution in [-0.2, 0) is 13.1 Å². The molecule has 36 heavy (non-hydrogen) atoms. The number of aromatic amines is 1. The van der Waals surface area contributed by atoms with E-state index in [0.29, 0.717) is 19.1 Å². The number of rotatable bonds is 8. The van der Waals surface area contributed by atoms with Crippen LogP contribution >= 0.6 is 0 Å². The lowest BCUT2D eigenvalue weighted by Gasteiger charge is -2.35. The Morgan fingerprint density at radius 2 is 1.81 bits per heavy atom. The van der Waals surface area contributed by atoms with Gasteiger partial charge in [0.2, 0.25) is 0 Å². The third-order valence-corrected chi connectivity index (χ3v) is 7.41. The Bertz CT molecular complexity index is 1350. The topological polar surface area (TPSA) is 79.7 Å². The fourth-order valence-corrected chi connectivity index (χ4v) is 5.63. The van der Waals surface area contributed by atoms with Gasteiger partial charge in [-0.15, -0.1) is 5.10 Å². The Hall–Kier alpha value is -3.32. The van der Waals surface area contributed by atoms with Crippen LogP contribution in [0.15, 0.2) is 59.4 Å². The van der Waals surface area contributed by atoms with Crippen LogP contribution in [0, 0.1) is 12.8 Å². The Balaban J connectivity index is 1.55. The second-order valence-electron chi connectivity index (χ2n) is 10.6. The fraction of sp³-hybridized carbons (Fsp3) is 0.448. The average molecular weight is 485 g/mol. The molecular weight excluding hydrogens is 448 g/mol. The number of fused-ring (bicyclic) bond motifs is 1. The molecule has 0 radical (unpaired) electrons. The number of aromatic nitrogens is 5. The lowest BCUT2D eigenvalue weighted by atomic mass is 9.94. The van der Waals surface area contributed by atoms with Gasteiger partial charge in [-0.2, -0.15) is 0 Å². The van der Waals surface area contributed by atoms with Crippen molar-refractivity contribution < 1.29 is 0 Å². The van der Waals surface area contributed by atoms with Crippen molar-refractivity contribution in [3.05, 3.63) is 87.5 Å². The largest absolute Gasteiger partial charge is 0.322 e. The van der Waals surface area contributed by atoms with Gasteiger partial charge in [0.15, 0.2) is 5.82 Å². The minimum Gasteiger partial charge on any atom is -0.322 e. The molecule has 0 aliphatic heterocycles. The van der Waals surface area contributed by atoms with Crippen molar-refractivity contribution >= 4 is 10.9 Å². The van der Waals surface area contributed by atoms with Crippen LogP contribution in [0.5, 0.6) is 0 Å². The number of pyridine rings is 1. The predicted molar refractivity (Wildman–Crippen MR) is 143 cm³/mol. The Kier molecular flexibility index (Phi) is 7.28. The number of hydrogen-bond donors (Lipinski definition) is 1. The van der Waals surface area contributed by atoms with Gasteiger partial charge in [0, 0.05) is 24.2 Å². The van der Waals surface area contributed by atoms with E-state index in [2.05, 4.69) is 80.3 Å². The molecule has 0 spiro atoms. The van der Waals surface area contributed by atoms with E-state index in [1.54, 1.807) is 0 Å². The monoisotopic (exact) mass is 484 g/mol. The van der Waals surface area contributed by atoms with Crippen LogP contribution in [0.25, 0.3) is 10.9 Å². The normalized spacial score (nSPS) is 15.7. The third-order valence-electron chi connectivity index (χ3n) is 7.41. The van der Waals surface area contributed by atoms with Gasteiger partial charge < -0.3 is 4.98 Å². The molecule has 188 valence electrons. The highest BCUT2D eigenvalue weighted by Gasteiger charge is 2.32. The van der Waals surface area contributed by atoms with E-state index in [4.69, 9.17) is 0 Å². The van der Waals surface area contributed by atoms with E-state index in [9.17, 15) is 4.79 Å². The van der Waals surface area contributed by atoms with Crippen molar-refractivity contribution in [2.75, 3.05) is 0 Å². The molecule has 1 fully saturated rings. The summed E-state index contributed by atoms with van der Waals surface area (Å²) in [5, 5.41) is 14.2. The molecule has 2 heterocycles. The molecule has 0 bridgehead atoms. The van der Waals surface area contributed by atoms with Gasteiger partial charge in [-0.1, -0.05) is 75.6 Å². The summed E-state index contributed by atoms with van der Waals surface area (Å²) in [5.41, 5.74) is 3.92. The quantitative estimate of drug-likeness (QED) is 0.346. The lowest BCUT2D eigenvalue weighted by Crippen LogP contribution is -2.36. The lowest BCUT2D eigenvalue weighted by molar-refractivity contribution is 0.121. The van der Waals surface area contributed by atoms with Gasteiger partial charge in [0.05, 0.1) is 12.1 Å². The summed E-state index contributed by atoms with van der Waals surface area (Å²) in [6, 6.07) is 19.0. The van der Waals surface area contributed by atoms with Crippen molar-refractivity contribution in [1.82, 2.24) is 30.1 Å². The van der Waals surface area contributed by atoms with Gasteiger partial charge in [0.1, 0.15) is 0 Å². The third kappa shape index (κ3) is 5.26. The van der Waals surface area contributed by atoms with E-state index < -0.39 is 0 Å². The molecule has 0 amide bonds. The molecule has 1 aliphatic carbocycles. The summed E-state index contributed by atoms with van der Waals surface area (Å²) < 4.78 is 2.08. The van der Waals surface area contributed by atoms with Crippen LogP contribution in [-0.4, -0.2) is 30.1 Å². The number of nitrogens with one attached hydrogen (secondary N) is 1. The minimum absolute atomic E-state index is 0.0322. The molecule has 7 nitrogen and oxygen atoms in total. The van der Waals surface area contributed by atoms with Gasteiger partial charge in [-0.05, 0) is 64.8 Å². The first kappa shape index (κ1) is 24.4. The number of H-pyrrole nitrogens is 1.